The van der Waals surface area contributed by atoms with E-state index in [1.165, 1.54) is 0 Å². The number of carbonyl (C=O) groups excluding carboxylic acids is 2. The number of anilines is 3. The van der Waals surface area contributed by atoms with Crippen LogP contribution in [0.25, 0.3) is 0 Å². The van der Waals surface area contributed by atoms with E-state index < -0.39 is 14.1 Å². The number of ketones is 1. The van der Waals surface area contributed by atoms with Crippen molar-refractivity contribution < 1.29 is 14.3 Å². The molecule has 1 aliphatic heterocycles. The molecule has 0 aromatic carbocycles. The predicted molar refractivity (Wildman–Crippen MR) is 139 cm³/mol. The lowest BCUT2D eigenvalue weighted by Crippen LogP contribution is -2.50. The molecule has 11 nitrogen and oxygen atoms in total. The summed E-state index contributed by atoms with van der Waals surface area (Å²) in [5.74, 6) is 0.761. The SMILES string of the molecule is CCC1C(=O)N(C)c2cnc(CC(=O)c3ccnn3COCC[Si](C)(C)C)nc2N1c1cnn(C)c1. The number of nitrogens with zero attached hydrogens (tertiary/aromatic N) is 8. The molecular formula is C24H34N8O3Si. The van der Waals surface area contributed by atoms with E-state index in [-0.39, 0.29) is 24.8 Å². The first-order valence-electron chi connectivity index (χ1n) is 12.1. The summed E-state index contributed by atoms with van der Waals surface area (Å²) in [4.78, 5) is 38.9. The highest BCUT2D eigenvalue weighted by Gasteiger charge is 2.38. The van der Waals surface area contributed by atoms with Gasteiger partial charge in [-0.2, -0.15) is 10.2 Å². The molecular weight excluding hydrogens is 476 g/mol. The molecule has 3 aromatic rings. The number of fused-ring (bicyclic) bond motifs is 1. The maximum absolute atomic E-state index is 13.2. The number of aromatic nitrogens is 6. The Kier molecular flexibility index (Phi) is 7.36. The molecule has 1 aliphatic rings. The van der Waals surface area contributed by atoms with Crippen LogP contribution in [0.15, 0.2) is 30.9 Å². The van der Waals surface area contributed by atoms with Crippen LogP contribution in [0.1, 0.15) is 29.7 Å². The molecule has 0 aliphatic carbocycles. The van der Waals surface area contributed by atoms with Gasteiger partial charge in [0.25, 0.3) is 0 Å². The topological polar surface area (TPSA) is 111 Å². The fourth-order valence-electron chi connectivity index (χ4n) is 4.13. The fraction of sp³-hybridized carbons (Fsp3) is 0.500. The van der Waals surface area contributed by atoms with Crippen LogP contribution in [0.4, 0.5) is 17.2 Å². The van der Waals surface area contributed by atoms with E-state index >= 15 is 0 Å². The summed E-state index contributed by atoms with van der Waals surface area (Å²) in [7, 11) is 2.35. The molecule has 0 spiro atoms. The second-order valence-electron chi connectivity index (χ2n) is 10.2. The van der Waals surface area contributed by atoms with Crippen LogP contribution in [-0.2, 0) is 29.7 Å². The number of aryl methyl sites for hydroxylation is 1. The Morgan fingerprint density at radius 3 is 2.61 bits per heavy atom. The van der Waals surface area contributed by atoms with Crippen molar-refractivity contribution in [3.05, 3.63) is 42.4 Å². The number of rotatable bonds is 10. The summed E-state index contributed by atoms with van der Waals surface area (Å²) in [6, 6.07) is 2.30. The molecule has 0 radical (unpaired) electrons. The highest BCUT2D eigenvalue weighted by molar-refractivity contribution is 6.76. The van der Waals surface area contributed by atoms with Crippen molar-refractivity contribution in [3.8, 4) is 0 Å². The monoisotopic (exact) mass is 510 g/mol. The maximum atomic E-state index is 13.2. The van der Waals surface area contributed by atoms with Gasteiger partial charge in [-0.15, -0.1) is 0 Å². The maximum Gasteiger partial charge on any atom is 0.250 e. The summed E-state index contributed by atoms with van der Waals surface area (Å²) in [5, 5.41) is 8.53. The number of ether oxygens (including phenoxy) is 1. The van der Waals surface area contributed by atoms with Crippen molar-refractivity contribution in [1.29, 1.82) is 0 Å². The summed E-state index contributed by atoms with van der Waals surface area (Å²) in [5.41, 5.74) is 1.80. The third-order valence-corrected chi connectivity index (χ3v) is 7.91. The van der Waals surface area contributed by atoms with Crippen LogP contribution in [0, 0.1) is 0 Å². The molecule has 0 bridgehead atoms. The van der Waals surface area contributed by atoms with E-state index in [0.717, 1.165) is 11.7 Å². The Balaban J connectivity index is 1.56. The smallest absolute Gasteiger partial charge is 0.250 e. The third kappa shape index (κ3) is 5.39. The Labute approximate surface area is 212 Å². The van der Waals surface area contributed by atoms with Gasteiger partial charge in [0.1, 0.15) is 30.0 Å². The Morgan fingerprint density at radius 2 is 1.94 bits per heavy atom. The minimum atomic E-state index is -1.20. The molecule has 3 aromatic heterocycles. The molecule has 1 amide bonds. The van der Waals surface area contributed by atoms with E-state index in [1.807, 2.05) is 25.1 Å². The van der Waals surface area contributed by atoms with Gasteiger partial charge in [0.2, 0.25) is 5.91 Å². The van der Waals surface area contributed by atoms with Gasteiger partial charge in [-0.1, -0.05) is 26.6 Å². The van der Waals surface area contributed by atoms with Gasteiger partial charge < -0.3 is 14.5 Å². The van der Waals surface area contributed by atoms with Crippen molar-refractivity contribution >= 4 is 37.0 Å². The number of hydrogen-bond donors (Lipinski definition) is 0. The first-order chi connectivity index (χ1) is 17.1. The Bertz CT molecular complexity index is 1250. The van der Waals surface area contributed by atoms with Crippen LogP contribution < -0.4 is 9.80 Å². The first-order valence-corrected chi connectivity index (χ1v) is 15.8. The minimum Gasteiger partial charge on any atom is -0.360 e. The van der Waals surface area contributed by atoms with E-state index in [0.29, 0.717) is 36.1 Å². The first kappa shape index (κ1) is 25.7. The Morgan fingerprint density at radius 1 is 1.17 bits per heavy atom. The van der Waals surface area contributed by atoms with Gasteiger partial charge in [-0.25, -0.2) is 14.6 Å². The normalized spacial score (nSPS) is 15.9. The fourth-order valence-corrected chi connectivity index (χ4v) is 4.89. The number of Topliss-reactive ketones (excluding diaryl/α,β-unsaturated/α-hetero) is 1. The number of amides is 1. The molecule has 0 fully saturated rings. The highest BCUT2D eigenvalue weighted by atomic mass is 28.3. The van der Waals surface area contributed by atoms with Crippen molar-refractivity contribution in [2.75, 3.05) is 23.5 Å². The number of likely N-dealkylation sites (N-methyl/N-ethyl adjacent to an activating group) is 1. The average Bonchev–Trinajstić information content (AvgIpc) is 3.47. The largest absolute Gasteiger partial charge is 0.360 e. The van der Waals surface area contributed by atoms with Crippen LogP contribution in [0.2, 0.25) is 25.7 Å². The predicted octanol–water partition coefficient (Wildman–Crippen LogP) is 3.04. The number of hydrogen-bond acceptors (Lipinski definition) is 8. The van der Waals surface area contributed by atoms with Crippen molar-refractivity contribution in [3.63, 3.8) is 0 Å². The lowest BCUT2D eigenvalue weighted by atomic mass is 10.1. The van der Waals surface area contributed by atoms with Gasteiger partial charge in [-0.3, -0.25) is 14.3 Å². The molecule has 4 heterocycles. The molecule has 1 atom stereocenters. The number of carbonyl (C=O) groups is 2. The Hall–Kier alpha value is -3.38. The summed E-state index contributed by atoms with van der Waals surface area (Å²) in [6.45, 7) is 9.72. The molecule has 192 valence electrons. The highest BCUT2D eigenvalue weighted by Crippen LogP contribution is 2.39. The second-order valence-corrected chi connectivity index (χ2v) is 15.8. The van der Waals surface area contributed by atoms with Gasteiger partial charge in [-0.05, 0) is 18.5 Å². The minimum absolute atomic E-state index is 0.00318. The summed E-state index contributed by atoms with van der Waals surface area (Å²) in [6.07, 6.45) is 7.35. The zero-order chi connectivity index (χ0) is 26.0. The molecule has 1 unspecified atom stereocenters. The second kappa shape index (κ2) is 10.3. The molecule has 4 rings (SSSR count). The molecule has 0 saturated carbocycles. The molecule has 0 saturated heterocycles. The lowest BCUT2D eigenvalue weighted by molar-refractivity contribution is -0.119. The standard InChI is InChI=1S/C24H34N8O3Si/c1-7-18-24(34)30(3)20-14-25-22(28-23(20)32(18)17-13-27-29(2)15-17)12-21(33)19-8-9-26-31(19)16-35-10-11-36(4,5)6/h8-9,13-15,18H,7,10-12,16H2,1-6H3. The molecule has 12 heteroatoms. The van der Waals surface area contributed by atoms with Crippen molar-refractivity contribution in [2.45, 2.75) is 58.2 Å². The van der Waals surface area contributed by atoms with Crippen LogP contribution in [0.5, 0.6) is 0 Å². The van der Waals surface area contributed by atoms with Gasteiger partial charge in [0.15, 0.2) is 11.6 Å². The van der Waals surface area contributed by atoms with Crippen LogP contribution >= 0.6 is 0 Å². The van der Waals surface area contributed by atoms with E-state index in [2.05, 4.69) is 34.8 Å². The van der Waals surface area contributed by atoms with Crippen molar-refractivity contribution in [1.82, 2.24) is 29.5 Å². The average molecular weight is 511 g/mol. The van der Waals surface area contributed by atoms with E-state index in [1.54, 1.807) is 46.0 Å². The van der Waals surface area contributed by atoms with E-state index in [4.69, 9.17) is 9.72 Å². The van der Waals surface area contributed by atoms with Gasteiger partial charge in [0, 0.05) is 41.2 Å². The molecule has 36 heavy (non-hydrogen) atoms. The zero-order valence-corrected chi connectivity index (χ0v) is 22.8. The summed E-state index contributed by atoms with van der Waals surface area (Å²) >= 11 is 0. The summed E-state index contributed by atoms with van der Waals surface area (Å²) < 4.78 is 9.04. The van der Waals surface area contributed by atoms with Gasteiger partial charge >= 0.3 is 0 Å². The zero-order valence-electron chi connectivity index (χ0n) is 21.8. The van der Waals surface area contributed by atoms with Crippen LogP contribution in [0.3, 0.4) is 0 Å². The lowest BCUT2D eigenvalue weighted by Gasteiger charge is -2.39. The van der Waals surface area contributed by atoms with E-state index in [9.17, 15) is 9.59 Å². The van der Waals surface area contributed by atoms with Crippen molar-refractivity contribution in [2.24, 2.45) is 7.05 Å². The third-order valence-electron chi connectivity index (χ3n) is 6.20. The molecule has 0 N–H and O–H groups in total. The van der Waals surface area contributed by atoms with Gasteiger partial charge in [0.05, 0.1) is 24.5 Å². The van der Waals surface area contributed by atoms with Crippen LogP contribution in [-0.4, -0.2) is 69.0 Å². The quantitative estimate of drug-likeness (QED) is 0.232.